The van der Waals surface area contributed by atoms with Gasteiger partial charge in [-0.15, -0.1) is 4.91 Å². The Morgan fingerprint density at radius 2 is 1.90 bits per heavy atom. The SMILES string of the molecule is O=Nc1ccc(NCl)cc1. The summed E-state index contributed by atoms with van der Waals surface area (Å²) in [7, 11) is 0. The molecule has 10 heavy (non-hydrogen) atoms. The molecule has 3 nitrogen and oxygen atoms in total. The van der Waals surface area contributed by atoms with E-state index in [1.54, 1.807) is 24.3 Å². The Hall–Kier alpha value is -1.09. The van der Waals surface area contributed by atoms with Crippen molar-refractivity contribution < 1.29 is 0 Å². The summed E-state index contributed by atoms with van der Waals surface area (Å²) in [5.74, 6) is 0. The average Bonchev–Trinajstić information content (AvgIpc) is 2.05. The Morgan fingerprint density at radius 1 is 1.30 bits per heavy atom. The molecule has 0 fully saturated rings. The molecule has 1 rings (SSSR count). The van der Waals surface area contributed by atoms with E-state index in [1.165, 1.54) is 0 Å². The highest BCUT2D eigenvalue weighted by molar-refractivity contribution is 6.23. The van der Waals surface area contributed by atoms with Crippen molar-refractivity contribution in [1.29, 1.82) is 0 Å². The van der Waals surface area contributed by atoms with Crippen LogP contribution in [0.3, 0.4) is 0 Å². The van der Waals surface area contributed by atoms with Gasteiger partial charge in [-0.1, -0.05) is 0 Å². The number of halogens is 1. The Bertz CT molecular complexity index is 222. The molecule has 0 aliphatic heterocycles. The number of anilines is 1. The molecule has 0 bridgehead atoms. The van der Waals surface area contributed by atoms with Crippen LogP contribution in [-0.2, 0) is 0 Å². The second kappa shape index (κ2) is 3.17. The molecule has 1 aromatic carbocycles. The first-order valence-corrected chi connectivity index (χ1v) is 3.04. The van der Waals surface area contributed by atoms with Crippen molar-refractivity contribution in [2.45, 2.75) is 0 Å². The van der Waals surface area contributed by atoms with Gasteiger partial charge in [0.15, 0.2) is 0 Å². The zero-order valence-electron chi connectivity index (χ0n) is 5.04. The molecule has 0 unspecified atom stereocenters. The first-order valence-electron chi connectivity index (χ1n) is 2.67. The van der Waals surface area contributed by atoms with E-state index in [1.807, 2.05) is 0 Å². The van der Waals surface area contributed by atoms with E-state index < -0.39 is 0 Å². The van der Waals surface area contributed by atoms with Crippen LogP contribution in [0.4, 0.5) is 11.4 Å². The van der Waals surface area contributed by atoms with Crippen molar-refractivity contribution in [3.63, 3.8) is 0 Å². The summed E-state index contributed by atoms with van der Waals surface area (Å²) in [6, 6.07) is 6.50. The van der Waals surface area contributed by atoms with Crippen LogP contribution in [0.2, 0.25) is 0 Å². The van der Waals surface area contributed by atoms with Crippen LogP contribution in [0.5, 0.6) is 0 Å². The van der Waals surface area contributed by atoms with Gasteiger partial charge in [-0.05, 0) is 29.4 Å². The van der Waals surface area contributed by atoms with Gasteiger partial charge < -0.3 is 0 Å². The molecule has 1 aromatic rings. The van der Waals surface area contributed by atoms with Crippen LogP contribution in [-0.4, -0.2) is 0 Å². The standard InChI is InChI=1S/C6H5ClN2O/c7-8-5-1-3-6(9-10)4-2-5/h1-4,8H. The quantitative estimate of drug-likeness (QED) is 0.528. The van der Waals surface area contributed by atoms with E-state index in [0.29, 0.717) is 5.69 Å². The number of nitrogens with one attached hydrogen (secondary N) is 1. The molecule has 0 aliphatic rings. The highest BCUT2D eigenvalue weighted by Gasteiger charge is 1.89. The second-order valence-electron chi connectivity index (χ2n) is 1.73. The molecule has 0 saturated heterocycles. The molecule has 0 radical (unpaired) electrons. The molecule has 0 aliphatic carbocycles. The summed E-state index contributed by atoms with van der Waals surface area (Å²) in [5.41, 5.74) is 1.14. The van der Waals surface area contributed by atoms with Crippen LogP contribution in [0.15, 0.2) is 29.4 Å². The molecule has 0 aromatic heterocycles. The predicted octanol–water partition coefficient (Wildman–Crippen LogP) is 2.65. The fraction of sp³-hybridized carbons (Fsp3) is 0. The lowest BCUT2D eigenvalue weighted by atomic mass is 10.3. The number of benzene rings is 1. The Balaban J connectivity index is 2.90. The van der Waals surface area contributed by atoms with E-state index in [0.717, 1.165) is 5.69 Å². The summed E-state index contributed by atoms with van der Waals surface area (Å²) >= 11 is 5.26. The summed E-state index contributed by atoms with van der Waals surface area (Å²) in [5, 5.41) is 2.73. The van der Waals surface area contributed by atoms with Crippen LogP contribution < -0.4 is 4.84 Å². The largest absolute Gasteiger partial charge is 0.299 e. The highest BCUT2D eigenvalue weighted by Crippen LogP contribution is 2.15. The Kier molecular flexibility index (Phi) is 2.23. The van der Waals surface area contributed by atoms with Crippen molar-refractivity contribution in [3.8, 4) is 0 Å². The molecule has 52 valence electrons. The minimum absolute atomic E-state index is 0.399. The fourth-order valence-corrected chi connectivity index (χ4v) is 0.711. The predicted molar refractivity (Wildman–Crippen MR) is 41.4 cm³/mol. The third-order valence-electron chi connectivity index (χ3n) is 1.08. The number of nitrogens with zero attached hydrogens (tertiary/aromatic N) is 1. The van der Waals surface area contributed by atoms with Gasteiger partial charge >= 0.3 is 0 Å². The minimum atomic E-state index is 0.399. The van der Waals surface area contributed by atoms with Crippen LogP contribution >= 0.6 is 11.8 Å². The number of hydrogen-bond acceptors (Lipinski definition) is 3. The van der Waals surface area contributed by atoms with Gasteiger partial charge in [-0.25, -0.2) is 0 Å². The third kappa shape index (κ3) is 1.45. The lowest BCUT2D eigenvalue weighted by Crippen LogP contribution is -1.76. The average molecular weight is 157 g/mol. The van der Waals surface area contributed by atoms with Gasteiger partial charge in [-0.2, -0.15) is 0 Å². The van der Waals surface area contributed by atoms with Crippen molar-refractivity contribution in [2.24, 2.45) is 5.18 Å². The van der Waals surface area contributed by atoms with E-state index in [4.69, 9.17) is 11.8 Å². The van der Waals surface area contributed by atoms with Crippen molar-refractivity contribution in [2.75, 3.05) is 4.84 Å². The van der Waals surface area contributed by atoms with Gasteiger partial charge in [-0.3, -0.25) is 4.84 Å². The van der Waals surface area contributed by atoms with Gasteiger partial charge in [0, 0.05) is 17.5 Å². The topological polar surface area (TPSA) is 41.5 Å². The van der Waals surface area contributed by atoms with Gasteiger partial charge in [0.2, 0.25) is 0 Å². The molecular formula is C6H5ClN2O. The van der Waals surface area contributed by atoms with Crippen molar-refractivity contribution >= 4 is 23.2 Å². The van der Waals surface area contributed by atoms with E-state index >= 15 is 0 Å². The summed E-state index contributed by atoms with van der Waals surface area (Å²) in [6.45, 7) is 0. The van der Waals surface area contributed by atoms with Crippen LogP contribution in [0.1, 0.15) is 0 Å². The van der Waals surface area contributed by atoms with Gasteiger partial charge in [0.1, 0.15) is 5.69 Å². The van der Waals surface area contributed by atoms with Crippen molar-refractivity contribution in [1.82, 2.24) is 0 Å². The molecule has 4 heteroatoms. The van der Waals surface area contributed by atoms with E-state index in [-0.39, 0.29) is 0 Å². The highest BCUT2D eigenvalue weighted by atomic mass is 35.5. The Morgan fingerprint density at radius 3 is 2.30 bits per heavy atom. The normalized spacial score (nSPS) is 8.90. The maximum Gasteiger partial charge on any atom is 0.108 e. The van der Waals surface area contributed by atoms with Crippen molar-refractivity contribution in [3.05, 3.63) is 29.2 Å². The van der Waals surface area contributed by atoms with Gasteiger partial charge in [0.05, 0.1) is 0 Å². The summed E-state index contributed by atoms with van der Waals surface area (Å²) < 4.78 is 0. The van der Waals surface area contributed by atoms with Gasteiger partial charge in [0.25, 0.3) is 0 Å². The fourth-order valence-electron chi connectivity index (χ4n) is 0.585. The molecular weight excluding hydrogens is 152 g/mol. The lowest BCUT2D eigenvalue weighted by molar-refractivity contribution is 1.50. The van der Waals surface area contributed by atoms with Crippen LogP contribution in [0.25, 0.3) is 0 Å². The van der Waals surface area contributed by atoms with E-state index in [9.17, 15) is 4.91 Å². The molecule has 0 saturated carbocycles. The maximum atomic E-state index is 9.90. The smallest absolute Gasteiger partial charge is 0.108 e. The second-order valence-corrected chi connectivity index (χ2v) is 1.92. The number of nitroso groups, excluding NO2 is 1. The zero-order valence-corrected chi connectivity index (χ0v) is 5.80. The Labute approximate surface area is 63.1 Å². The molecule has 0 atom stereocenters. The molecule has 0 heterocycles. The number of rotatable bonds is 2. The monoisotopic (exact) mass is 156 g/mol. The van der Waals surface area contributed by atoms with E-state index in [2.05, 4.69) is 10.0 Å². The number of hydrogen-bond donors (Lipinski definition) is 1. The summed E-state index contributed by atoms with van der Waals surface area (Å²) in [4.78, 5) is 12.3. The summed E-state index contributed by atoms with van der Waals surface area (Å²) in [6.07, 6.45) is 0. The molecule has 1 N–H and O–H groups in total. The van der Waals surface area contributed by atoms with Crippen LogP contribution in [0, 0.1) is 4.91 Å². The first kappa shape index (κ1) is 7.02. The lowest BCUT2D eigenvalue weighted by Gasteiger charge is -1.94. The molecule has 0 amide bonds. The minimum Gasteiger partial charge on any atom is -0.299 e. The first-order chi connectivity index (χ1) is 4.86. The zero-order chi connectivity index (χ0) is 7.40. The third-order valence-corrected chi connectivity index (χ3v) is 1.30. The maximum absolute atomic E-state index is 9.90. The molecule has 0 spiro atoms.